The van der Waals surface area contributed by atoms with Gasteiger partial charge >= 0.3 is 17.9 Å². The largest absolute Gasteiger partial charge is 0.462 e. The third-order valence-electron chi connectivity index (χ3n) is 13.7. The predicted molar refractivity (Wildman–Crippen MR) is 293 cm³/mol. The van der Waals surface area contributed by atoms with Gasteiger partial charge in [-0.3, -0.25) is 14.4 Å². The van der Waals surface area contributed by atoms with Crippen LogP contribution in [0.25, 0.3) is 0 Å². The Balaban J connectivity index is 4.34. The second-order valence-electron chi connectivity index (χ2n) is 20.7. The Bertz CT molecular complexity index is 1100. The van der Waals surface area contributed by atoms with Crippen LogP contribution < -0.4 is 0 Å². The highest BCUT2D eigenvalue weighted by atomic mass is 16.6. The Hall–Kier alpha value is -2.11. The fraction of sp³-hybridized carbons (Fsp3) is 0.887. The van der Waals surface area contributed by atoms with Gasteiger partial charge in [-0.05, 0) is 44.9 Å². The molecule has 0 aliphatic heterocycles. The molecule has 0 radical (unpaired) electrons. The topological polar surface area (TPSA) is 78.9 Å². The van der Waals surface area contributed by atoms with Gasteiger partial charge in [-0.15, -0.1) is 0 Å². The number of unbranched alkanes of at least 4 members (excludes halogenated alkanes) is 42. The molecule has 0 fully saturated rings. The SMILES string of the molecule is CCCCCCCCC/C=C\C=C/CCCCCCCC(=O)OCC(COC(=O)CCCCCCCCCCCCCCCC)OC(=O)CCCCCCCCCCCCCCCCCCCC. The summed E-state index contributed by atoms with van der Waals surface area (Å²) in [6, 6.07) is 0. The fourth-order valence-electron chi connectivity index (χ4n) is 9.14. The van der Waals surface area contributed by atoms with Crippen molar-refractivity contribution in [1.82, 2.24) is 0 Å². The normalized spacial score (nSPS) is 12.1. The molecule has 0 aliphatic rings. The minimum absolute atomic E-state index is 0.0704. The minimum atomic E-state index is -0.773. The van der Waals surface area contributed by atoms with Crippen LogP contribution in [0.3, 0.4) is 0 Å². The standard InChI is InChI=1S/C62H116O6/c1-4-7-10-13-16-19-22-25-28-30-32-34-37-40-43-46-49-52-55-61(64)67-58-59(57-66-60(63)54-51-48-45-42-39-36-27-24-21-18-15-12-9-6-3)68-62(65)56-53-50-47-44-41-38-35-33-31-29-26-23-20-17-14-11-8-5-2/h28,30,32,34,59H,4-27,29,31,33,35-58H2,1-3H3/b30-28-,34-32-. The maximum Gasteiger partial charge on any atom is 0.306 e. The van der Waals surface area contributed by atoms with Crippen LogP contribution in [0.2, 0.25) is 0 Å². The molecule has 0 N–H and O–H groups in total. The van der Waals surface area contributed by atoms with Crippen molar-refractivity contribution < 1.29 is 28.6 Å². The molecule has 0 saturated carbocycles. The summed E-state index contributed by atoms with van der Waals surface area (Å²) >= 11 is 0. The van der Waals surface area contributed by atoms with E-state index >= 15 is 0 Å². The van der Waals surface area contributed by atoms with Crippen molar-refractivity contribution in [2.75, 3.05) is 13.2 Å². The summed E-state index contributed by atoms with van der Waals surface area (Å²) in [5.74, 6) is -0.861. The average Bonchev–Trinajstić information content (AvgIpc) is 3.34. The van der Waals surface area contributed by atoms with E-state index < -0.39 is 6.10 Å². The van der Waals surface area contributed by atoms with Crippen LogP contribution in [0.15, 0.2) is 24.3 Å². The fourth-order valence-corrected chi connectivity index (χ4v) is 9.14. The summed E-state index contributed by atoms with van der Waals surface area (Å²) < 4.78 is 16.9. The van der Waals surface area contributed by atoms with Crippen LogP contribution in [-0.4, -0.2) is 37.2 Å². The highest BCUT2D eigenvalue weighted by molar-refractivity contribution is 5.71. The molecule has 6 nitrogen and oxygen atoms in total. The van der Waals surface area contributed by atoms with Crippen LogP contribution in [0.1, 0.15) is 335 Å². The van der Waals surface area contributed by atoms with Crippen LogP contribution in [0, 0.1) is 0 Å². The van der Waals surface area contributed by atoms with Gasteiger partial charge in [0.05, 0.1) is 0 Å². The molecule has 1 unspecified atom stereocenters. The summed E-state index contributed by atoms with van der Waals surface area (Å²) in [5.41, 5.74) is 0. The Kier molecular flexibility index (Phi) is 55.7. The van der Waals surface area contributed by atoms with Crippen LogP contribution in [0.4, 0.5) is 0 Å². The summed E-state index contributed by atoms with van der Waals surface area (Å²) in [5, 5.41) is 0. The molecule has 6 heteroatoms. The minimum Gasteiger partial charge on any atom is -0.462 e. The van der Waals surface area contributed by atoms with Gasteiger partial charge in [0.15, 0.2) is 6.10 Å². The van der Waals surface area contributed by atoms with Gasteiger partial charge < -0.3 is 14.2 Å². The molecule has 1 atom stereocenters. The number of ether oxygens (including phenoxy) is 3. The van der Waals surface area contributed by atoms with E-state index in [0.717, 1.165) is 77.0 Å². The molecule has 0 rings (SSSR count). The summed E-state index contributed by atoms with van der Waals surface area (Å²) in [6.07, 6.45) is 67.4. The van der Waals surface area contributed by atoms with Crippen LogP contribution in [-0.2, 0) is 28.6 Å². The quantitative estimate of drug-likeness (QED) is 0.0262. The van der Waals surface area contributed by atoms with Crippen molar-refractivity contribution in [2.45, 2.75) is 341 Å². The van der Waals surface area contributed by atoms with Crippen molar-refractivity contribution in [3.8, 4) is 0 Å². The third-order valence-corrected chi connectivity index (χ3v) is 13.7. The molecule has 0 bridgehead atoms. The zero-order valence-corrected chi connectivity index (χ0v) is 45.9. The first kappa shape index (κ1) is 65.9. The van der Waals surface area contributed by atoms with Crippen molar-refractivity contribution >= 4 is 17.9 Å². The zero-order valence-electron chi connectivity index (χ0n) is 45.9. The maximum absolute atomic E-state index is 12.9. The molecule has 0 aliphatic carbocycles. The molecule has 0 aromatic carbocycles. The summed E-state index contributed by atoms with van der Waals surface area (Å²) in [4.78, 5) is 38.2. The molecule has 0 aromatic heterocycles. The van der Waals surface area contributed by atoms with Gasteiger partial charge in [0.25, 0.3) is 0 Å². The van der Waals surface area contributed by atoms with Gasteiger partial charge in [0.1, 0.15) is 13.2 Å². The number of rotatable bonds is 56. The van der Waals surface area contributed by atoms with Crippen molar-refractivity contribution in [1.29, 1.82) is 0 Å². The highest BCUT2D eigenvalue weighted by Gasteiger charge is 2.19. The molecule has 0 spiro atoms. The number of carbonyl (C=O) groups excluding carboxylic acids is 3. The van der Waals surface area contributed by atoms with Gasteiger partial charge in [-0.25, -0.2) is 0 Å². The molecule has 0 heterocycles. The number of esters is 3. The molecular weight excluding hydrogens is 841 g/mol. The first-order chi connectivity index (χ1) is 33.5. The summed E-state index contributed by atoms with van der Waals surface area (Å²) in [7, 11) is 0. The van der Waals surface area contributed by atoms with Crippen molar-refractivity contribution in [3.63, 3.8) is 0 Å². The van der Waals surface area contributed by atoms with E-state index in [1.807, 2.05) is 0 Å². The predicted octanol–water partition coefficient (Wildman–Crippen LogP) is 20.3. The molecule has 0 aromatic rings. The number of hydrogen-bond acceptors (Lipinski definition) is 6. The molecule has 0 saturated heterocycles. The average molecular weight is 958 g/mol. The molecule has 0 amide bonds. The first-order valence-corrected chi connectivity index (χ1v) is 30.4. The monoisotopic (exact) mass is 957 g/mol. The van der Waals surface area contributed by atoms with Crippen LogP contribution >= 0.6 is 0 Å². The van der Waals surface area contributed by atoms with Crippen molar-refractivity contribution in [2.24, 2.45) is 0 Å². The lowest BCUT2D eigenvalue weighted by molar-refractivity contribution is -0.167. The van der Waals surface area contributed by atoms with E-state index in [1.165, 1.54) is 218 Å². The Morgan fingerprint density at radius 3 is 0.779 bits per heavy atom. The van der Waals surface area contributed by atoms with Gasteiger partial charge in [-0.2, -0.15) is 0 Å². The summed E-state index contributed by atoms with van der Waals surface area (Å²) in [6.45, 7) is 6.68. The number of carbonyl (C=O) groups is 3. The van der Waals surface area contributed by atoms with E-state index in [1.54, 1.807) is 0 Å². The van der Waals surface area contributed by atoms with Crippen LogP contribution in [0.5, 0.6) is 0 Å². The Labute approximate surface area is 423 Å². The lowest BCUT2D eigenvalue weighted by Crippen LogP contribution is -2.30. The van der Waals surface area contributed by atoms with Gasteiger partial charge in [0, 0.05) is 19.3 Å². The van der Waals surface area contributed by atoms with E-state index in [9.17, 15) is 14.4 Å². The second kappa shape index (κ2) is 57.5. The third kappa shape index (κ3) is 54.8. The van der Waals surface area contributed by atoms with Gasteiger partial charge in [-0.1, -0.05) is 295 Å². The van der Waals surface area contributed by atoms with E-state index in [0.29, 0.717) is 19.3 Å². The second-order valence-corrected chi connectivity index (χ2v) is 20.7. The number of hydrogen-bond donors (Lipinski definition) is 0. The molecule has 68 heavy (non-hydrogen) atoms. The van der Waals surface area contributed by atoms with E-state index in [2.05, 4.69) is 45.1 Å². The lowest BCUT2D eigenvalue weighted by atomic mass is 10.0. The molecular formula is C62H116O6. The molecule has 400 valence electrons. The Morgan fingerprint density at radius 1 is 0.294 bits per heavy atom. The van der Waals surface area contributed by atoms with Crippen molar-refractivity contribution in [3.05, 3.63) is 24.3 Å². The smallest absolute Gasteiger partial charge is 0.306 e. The maximum atomic E-state index is 12.9. The number of allylic oxidation sites excluding steroid dienone is 4. The highest BCUT2D eigenvalue weighted by Crippen LogP contribution is 2.17. The lowest BCUT2D eigenvalue weighted by Gasteiger charge is -2.18. The van der Waals surface area contributed by atoms with Gasteiger partial charge in [0.2, 0.25) is 0 Å². The first-order valence-electron chi connectivity index (χ1n) is 30.4. The van der Waals surface area contributed by atoms with E-state index in [-0.39, 0.29) is 31.1 Å². The van der Waals surface area contributed by atoms with E-state index in [4.69, 9.17) is 14.2 Å². The Morgan fingerprint density at radius 2 is 0.515 bits per heavy atom. The zero-order chi connectivity index (χ0) is 49.3.